The summed E-state index contributed by atoms with van der Waals surface area (Å²) >= 11 is 0. The van der Waals surface area contributed by atoms with E-state index in [9.17, 15) is 45.0 Å². The van der Waals surface area contributed by atoms with Crippen molar-refractivity contribution in [1.82, 2.24) is 21.3 Å². The Morgan fingerprint density at radius 3 is 1.73 bits per heavy atom. The van der Waals surface area contributed by atoms with Crippen molar-refractivity contribution < 1.29 is 78.2 Å². The van der Waals surface area contributed by atoms with E-state index in [2.05, 4.69) is 21.3 Å². The molecule has 1 saturated carbocycles. The van der Waals surface area contributed by atoms with Gasteiger partial charge in [0.25, 0.3) is 0 Å². The number of carbonyl (C=O) groups excluding carboxylic acids is 3. The van der Waals surface area contributed by atoms with Gasteiger partial charge in [-0.2, -0.15) is 0 Å². The van der Waals surface area contributed by atoms with Crippen molar-refractivity contribution in [2.45, 2.75) is 106 Å². The molecule has 3 aliphatic rings. The van der Waals surface area contributed by atoms with Gasteiger partial charge in [-0.25, -0.2) is 14.4 Å². The molecule has 0 radical (unpaired) electrons. The molecule has 1 unspecified atom stereocenters. The van der Waals surface area contributed by atoms with Crippen molar-refractivity contribution in [2.24, 2.45) is 0 Å². The number of benzene rings is 3. The Morgan fingerprint density at radius 1 is 0.641 bits per heavy atom. The molecule has 3 aromatic carbocycles. The fourth-order valence-electron chi connectivity index (χ4n) is 7.27. The molecular weight excluding hydrogens is 840 g/mol. The van der Waals surface area contributed by atoms with E-state index >= 15 is 0 Å². The topological polar surface area (TPSA) is 285 Å². The van der Waals surface area contributed by atoms with Crippen LogP contribution in [0.15, 0.2) is 103 Å². The molecule has 1 saturated heterocycles. The van der Waals surface area contributed by atoms with Crippen molar-refractivity contribution in [3.63, 3.8) is 0 Å². The van der Waals surface area contributed by atoms with E-state index in [-0.39, 0.29) is 39.3 Å². The summed E-state index contributed by atoms with van der Waals surface area (Å²) in [5, 5.41) is 74.1. The van der Waals surface area contributed by atoms with Crippen molar-refractivity contribution in [3.8, 4) is 0 Å². The number of rotatable bonds is 19. The number of aliphatic hydroxyl groups is 6. The zero-order chi connectivity index (χ0) is 45.4. The lowest BCUT2D eigenvalue weighted by Crippen LogP contribution is -2.68. The Balaban J connectivity index is 1.27. The Bertz CT molecular complexity index is 1920. The smallest absolute Gasteiger partial charge is 0.408 e. The molecule has 0 aromatic heterocycles. The van der Waals surface area contributed by atoms with Gasteiger partial charge in [0.05, 0.1) is 44.1 Å². The van der Waals surface area contributed by atoms with Gasteiger partial charge in [0.2, 0.25) is 0 Å². The van der Waals surface area contributed by atoms with Crippen LogP contribution in [0.1, 0.15) is 23.1 Å². The highest BCUT2D eigenvalue weighted by molar-refractivity contribution is 5.69. The van der Waals surface area contributed by atoms with Crippen LogP contribution in [0.3, 0.4) is 0 Å². The first-order valence-electron chi connectivity index (χ1n) is 20.9. The molecule has 3 aromatic rings. The third-order valence-corrected chi connectivity index (χ3v) is 10.7. The number of hydrogen-bond acceptors (Lipinski definition) is 17. The normalized spacial score (nSPS) is 29.3. The second-order valence-electron chi connectivity index (χ2n) is 15.4. The highest BCUT2D eigenvalue weighted by atomic mass is 16.7. The van der Waals surface area contributed by atoms with Gasteiger partial charge in [-0.3, -0.25) is 0 Å². The predicted octanol–water partition coefficient (Wildman–Crippen LogP) is 0.0693. The molecular formula is C44H56N4O16. The Hall–Kier alpha value is -5.23. The summed E-state index contributed by atoms with van der Waals surface area (Å²) in [6.45, 7) is -1.79. The van der Waals surface area contributed by atoms with E-state index in [1.807, 2.05) is 24.3 Å². The number of aliphatic hydroxyl groups excluding tert-OH is 6. The molecule has 348 valence electrons. The lowest BCUT2D eigenvalue weighted by atomic mass is 9.83. The second kappa shape index (κ2) is 24.2. The molecule has 0 bridgehead atoms. The number of alkyl carbamates (subject to hydrolysis) is 3. The molecule has 2 aliphatic heterocycles. The molecule has 20 nitrogen and oxygen atoms in total. The first-order chi connectivity index (χ1) is 31.0. The van der Waals surface area contributed by atoms with Crippen molar-refractivity contribution in [3.05, 3.63) is 120 Å². The highest BCUT2D eigenvalue weighted by Crippen LogP contribution is 2.33. The van der Waals surface area contributed by atoms with E-state index in [0.29, 0.717) is 5.56 Å². The van der Waals surface area contributed by atoms with Crippen LogP contribution >= 0.6 is 0 Å². The van der Waals surface area contributed by atoms with Crippen LogP contribution in [-0.2, 0) is 53.0 Å². The van der Waals surface area contributed by atoms with Gasteiger partial charge in [0, 0.05) is 12.6 Å². The molecule has 64 heavy (non-hydrogen) atoms. The number of nitrogens with one attached hydrogen (secondary N) is 4. The predicted molar refractivity (Wildman–Crippen MR) is 223 cm³/mol. The minimum Gasteiger partial charge on any atom is -0.445 e. The average molecular weight is 897 g/mol. The van der Waals surface area contributed by atoms with Gasteiger partial charge >= 0.3 is 18.3 Å². The van der Waals surface area contributed by atoms with Crippen molar-refractivity contribution >= 4 is 18.3 Å². The number of hydrogen-bond donors (Lipinski definition) is 10. The third kappa shape index (κ3) is 13.9. The first-order valence-corrected chi connectivity index (χ1v) is 20.9. The quantitative estimate of drug-likeness (QED) is 0.0563. The summed E-state index contributed by atoms with van der Waals surface area (Å²) in [4.78, 5) is 39.5. The minimum absolute atomic E-state index is 0.00865. The lowest BCUT2D eigenvalue weighted by Gasteiger charge is -2.47. The fourth-order valence-corrected chi connectivity index (χ4v) is 7.27. The Morgan fingerprint density at radius 2 is 1.19 bits per heavy atom. The van der Waals surface area contributed by atoms with Crippen LogP contribution in [0.5, 0.6) is 0 Å². The fraction of sp³-hybridized carbons (Fsp3) is 0.477. The Kier molecular flexibility index (Phi) is 18.2. The summed E-state index contributed by atoms with van der Waals surface area (Å²) in [5.74, 6) is 0. The summed E-state index contributed by atoms with van der Waals surface area (Å²) < 4.78 is 41.1. The van der Waals surface area contributed by atoms with Crippen LogP contribution < -0.4 is 21.3 Å². The standard InChI is InChI=1S/C44H56N4O16/c49-21-29(51)19-45-32-18-33(48-44(57)60-25-28-14-8-3-9-15-28)38(39(35(32)52)64-41-37(54)36(53)34(22-50)62-41)63-40-31(47-43(56)59-24-27-12-6-2-7-13-27)17-16-30(61-40)20-46-42(55)58-23-26-10-4-1-5-11-26/h1-17,29-41,45,49-54H,18-25H2,(H,46,55)(H,47,56)(H,48,57)/t29?,30-,31+,32+,33-,34+,35-,36+,37+,38+,39+,40+,41-/m0/s1. The van der Waals surface area contributed by atoms with Gasteiger partial charge in [0.15, 0.2) is 12.6 Å². The average Bonchev–Trinajstić information content (AvgIpc) is 3.59. The summed E-state index contributed by atoms with van der Waals surface area (Å²) in [6, 6.07) is 23.6. The van der Waals surface area contributed by atoms with E-state index in [1.165, 1.54) is 0 Å². The van der Waals surface area contributed by atoms with Crippen LogP contribution in [0.4, 0.5) is 14.4 Å². The number of carbonyl (C=O) groups is 3. The third-order valence-electron chi connectivity index (χ3n) is 10.7. The van der Waals surface area contributed by atoms with Crippen LogP contribution in [0, 0.1) is 0 Å². The van der Waals surface area contributed by atoms with Gasteiger partial charge < -0.3 is 85.1 Å². The molecule has 0 spiro atoms. The molecule has 20 heteroatoms. The molecule has 3 amide bonds. The van der Waals surface area contributed by atoms with Crippen LogP contribution in [-0.4, -0.2) is 155 Å². The maximum absolute atomic E-state index is 13.5. The molecule has 10 N–H and O–H groups in total. The zero-order valence-corrected chi connectivity index (χ0v) is 34.7. The van der Waals surface area contributed by atoms with E-state index in [4.69, 9.17) is 33.2 Å². The maximum atomic E-state index is 13.5. The zero-order valence-electron chi connectivity index (χ0n) is 34.7. The minimum atomic E-state index is -1.71. The van der Waals surface area contributed by atoms with Gasteiger partial charge in [-0.05, 0) is 23.1 Å². The summed E-state index contributed by atoms with van der Waals surface area (Å²) in [5.41, 5.74) is 2.17. The van der Waals surface area contributed by atoms with Crippen LogP contribution in [0.25, 0.3) is 0 Å². The van der Waals surface area contributed by atoms with Gasteiger partial charge in [-0.1, -0.05) is 103 Å². The van der Waals surface area contributed by atoms with E-state index in [1.54, 1.807) is 78.9 Å². The molecule has 1 aliphatic carbocycles. The van der Waals surface area contributed by atoms with E-state index < -0.39 is 111 Å². The second-order valence-corrected chi connectivity index (χ2v) is 15.4. The molecule has 6 rings (SSSR count). The van der Waals surface area contributed by atoms with Gasteiger partial charge in [0.1, 0.15) is 56.4 Å². The van der Waals surface area contributed by atoms with E-state index in [0.717, 1.165) is 11.1 Å². The molecule has 2 fully saturated rings. The maximum Gasteiger partial charge on any atom is 0.408 e. The number of ether oxygens (including phenoxy) is 7. The SMILES string of the molecule is O=C(NC[C@@H]1C=C[C@@H](NC(=O)OCc2ccccc2)[C@@H](O[C@H]2[C@H](O[C@@H]3O[C@H](CO)[C@@H](O)[C@H]3O)[C@@H](O)[C@H](NCC(O)CO)C[C@@H]2NC(=O)OCc2ccccc2)O1)OCc1ccccc1. The Labute approximate surface area is 369 Å². The largest absolute Gasteiger partial charge is 0.445 e. The molecule has 2 heterocycles. The highest BCUT2D eigenvalue weighted by Gasteiger charge is 2.52. The summed E-state index contributed by atoms with van der Waals surface area (Å²) in [6.07, 6.45) is -13.8. The number of amides is 3. The van der Waals surface area contributed by atoms with Crippen molar-refractivity contribution in [2.75, 3.05) is 26.3 Å². The monoisotopic (exact) mass is 896 g/mol. The lowest BCUT2D eigenvalue weighted by molar-refractivity contribution is -0.282. The van der Waals surface area contributed by atoms with Crippen molar-refractivity contribution in [1.29, 1.82) is 0 Å². The van der Waals surface area contributed by atoms with Crippen LogP contribution in [0.2, 0.25) is 0 Å². The van der Waals surface area contributed by atoms with Gasteiger partial charge in [-0.15, -0.1) is 0 Å². The first kappa shape index (κ1) is 48.2. The summed E-state index contributed by atoms with van der Waals surface area (Å²) in [7, 11) is 0. The molecule has 13 atom stereocenters.